The molecule has 4 aromatic rings. The molecule has 3 aromatic carbocycles. The number of halogens is 3. The molecule has 152 valence electrons. The molecular formula is C20H12F3N3O3S. The molecule has 0 aliphatic rings. The number of nitrogens with zero attached hydrogens (tertiary/aromatic N) is 2. The molecule has 0 radical (unpaired) electrons. The van der Waals surface area contributed by atoms with Crippen molar-refractivity contribution in [2.75, 3.05) is 4.72 Å². The number of aromatic nitrogens is 2. The summed E-state index contributed by atoms with van der Waals surface area (Å²) in [6.07, 6.45) is 0. The van der Waals surface area contributed by atoms with Crippen molar-refractivity contribution in [2.24, 2.45) is 0 Å². The molecule has 1 heterocycles. The molecule has 0 saturated heterocycles. The topological polar surface area (TPSA) is 85.1 Å². The number of anilines is 1. The lowest BCUT2D eigenvalue weighted by Gasteiger charge is -2.10. The Morgan fingerprint density at radius 1 is 0.867 bits per heavy atom. The van der Waals surface area contributed by atoms with Crippen LogP contribution in [0.3, 0.4) is 0 Å². The van der Waals surface area contributed by atoms with Crippen molar-refractivity contribution in [1.82, 2.24) is 10.1 Å². The van der Waals surface area contributed by atoms with Crippen molar-refractivity contribution in [3.05, 3.63) is 84.2 Å². The van der Waals surface area contributed by atoms with Crippen LogP contribution in [0.1, 0.15) is 0 Å². The van der Waals surface area contributed by atoms with Crippen molar-refractivity contribution in [2.45, 2.75) is 4.90 Å². The molecular weight excluding hydrogens is 419 g/mol. The average molecular weight is 431 g/mol. The van der Waals surface area contributed by atoms with E-state index in [9.17, 15) is 21.6 Å². The molecule has 0 amide bonds. The number of rotatable bonds is 5. The zero-order valence-electron chi connectivity index (χ0n) is 15.0. The van der Waals surface area contributed by atoms with E-state index in [1.807, 2.05) is 0 Å². The molecule has 0 aliphatic heterocycles. The summed E-state index contributed by atoms with van der Waals surface area (Å²) in [7, 11) is -4.20. The van der Waals surface area contributed by atoms with E-state index in [4.69, 9.17) is 4.52 Å². The highest BCUT2D eigenvalue weighted by Crippen LogP contribution is 2.29. The second-order valence-corrected chi connectivity index (χ2v) is 7.81. The van der Waals surface area contributed by atoms with Gasteiger partial charge in [0.15, 0.2) is 11.6 Å². The van der Waals surface area contributed by atoms with Gasteiger partial charge in [0, 0.05) is 11.6 Å². The molecule has 0 saturated carbocycles. The SMILES string of the molecule is O=S(=O)(Nc1ccc(F)c(F)c1)c1ccccc1-c1nc(-c2ccc(F)cc2)no1. The third-order valence-electron chi connectivity index (χ3n) is 4.11. The Bertz CT molecular complexity index is 1320. The van der Waals surface area contributed by atoms with Gasteiger partial charge < -0.3 is 4.52 Å². The fraction of sp³-hybridized carbons (Fsp3) is 0. The predicted molar refractivity (Wildman–Crippen MR) is 102 cm³/mol. The number of benzene rings is 3. The van der Waals surface area contributed by atoms with Gasteiger partial charge in [-0.05, 0) is 48.5 Å². The minimum absolute atomic E-state index is 0.0828. The van der Waals surface area contributed by atoms with Crippen LogP contribution in [0.4, 0.5) is 18.9 Å². The van der Waals surface area contributed by atoms with Crippen LogP contribution in [0.15, 0.2) is 76.1 Å². The maximum atomic E-state index is 13.4. The van der Waals surface area contributed by atoms with Crippen molar-refractivity contribution in [3.8, 4) is 22.8 Å². The fourth-order valence-corrected chi connectivity index (χ4v) is 3.95. The van der Waals surface area contributed by atoms with Gasteiger partial charge in [-0.2, -0.15) is 4.98 Å². The number of sulfonamides is 1. The fourth-order valence-electron chi connectivity index (χ4n) is 2.70. The molecule has 1 N–H and O–H groups in total. The minimum atomic E-state index is -4.20. The average Bonchev–Trinajstić information content (AvgIpc) is 3.21. The lowest BCUT2D eigenvalue weighted by Crippen LogP contribution is -2.14. The third kappa shape index (κ3) is 3.90. The summed E-state index contributed by atoms with van der Waals surface area (Å²) in [6, 6.07) is 13.8. The molecule has 0 atom stereocenters. The van der Waals surface area contributed by atoms with Crippen LogP contribution < -0.4 is 4.72 Å². The van der Waals surface area contributed by atoms with E-state index in [0.717, 1.165) is 18.2 Å². The zero-order valence-corrected chi connectivity index (χ0v) is 15.8. The number of hydrogen-bond donors (Lipinski definition) is 1. The Balaban J connectivity index is 1.70. The van der Waals surface area contributed by atoms with Gasteiger partial charge in [0.2, 0.25) is 5.82 Å². The van der Waals surface area contributed by atoms with Gasteiger partial charge in [0.1, 0.15) is 10.7 Å². The quantitative estimate of drug-likeness (QED) is 0.498. The highest BCUT2D eigenvalue weighted by Gasteiger charge is 2.23. The van der Waals surface area contributed by atoms with Crippen molar-refractivity contribution < 1.29 is 26.1 Å². The van der Waals surface area contributed by atoms with Crippen LogP contribution in [-0.4, -0.2) is 18.6 Å². The molecule has 0 bridgehead atoms. The molecule has 0 spiro atoms. The minimum Gasteiger partial charge on any atom is -0.334 e. The van der Waals surface area contributed by atoms with E-state index in [1.54, 1.807) is 6.07 Å². The number of hydrogen-bond acceptors (Lipinski definition) is 5. The third-order valence-corrected chi connectivity index (χ3v) is 5.55. The molecule has 0 fully saturated rings. The van der Waals surface area contributed by atoms with E-state index in [-0.39, 0.29) is 27.9 Å². The first-order valence-electron chi connectivity index (χ1n) is 8.50. The monoisotopic (exact) mass is 431 g/mol. The van der Waals surface area contributed by atoms with E-state index in [0.29, 0.717) is 5.56 Å². The largest absolute Gasteiger partial charge is 0.334 e. The van der Waals surface area contributed by atoms with Crippen LogP contribution in [0.25, 0.3) is 22.8 Å². The number of nitrogens with one attached hydrogen (secondary N) is 1. The standard InChI is InChI=1S/C20H12F3N3O3S/c21-13-7-5-12(6-8-13)19-24-20(29-25-19)15-3-1-2-4-18(15)30(27,28)26-14-9-10-16(22)17(23)11-14/h1-11,26H. The van der Waals surface area contributed by atoms with Gasteiger partial charge in [-0.3, -0.25) is 4.72 Å². The summed E-state index contributed by atoms with van der Waals surface area (Å²) in [5, 5.41) is 3.81. The maximum Gasteiger partial charge on any atom is 0.262 e. The van der Waals surface area contributed by atoms with Crippen molar-refractivity contribution in [3.63, 3.8) is 0 Å². The van der Waals surface area contributed by atoms with Gasteiger partial charge in [-0.1, -0.05) is 17.3 Å². The van der Waals surface area contributed by atoms with Crippen LogP contribution in [0.2, 0.25) is 0 Å². The Morgan fingerprint density at radius 2 is 1.60 bits per heavy atom. The maximum absolute atomic E-state index is 13.4. The van der Waals surface area contributed by atoms with Crippen LogP contribution >= 0.6 is 0 Å². The summed E-state index contributed by atoms with van der Waals surface area (Å²) < 4.78 is 72.7. The molecule has 10 heteroatoms. The van der Waals surface area contributed by atoms with E-state index in [1.165, 1.54) is 42.5 Å². The Labute approximate surface area is 169 Å². The summed E-state index contributed by atoms with van der Waals surface area (Å²) in [5.41, 5.74) is 0.432. The smallest absolute Gasteiger partial charge is 0.262 e. The second-order valence-electron chi connectivity index (χ2n) is 6.16. The highest BCUT2D eigenvalue weighted by atomic mass is 32.2. The van der Waals surface area contributed by atoms with Gasteiger partial charge in [0.25, 0.3) is 15.9 Å². The molecule has 0 aliphatic carbocycles. The Hall–Kier alpha value is -3.66. The lowest BCUT2D eigenvalue weighted by atomic mass is 10.2. The molecule has 0 unspecified atom stereocenters. The van der Waals surface area contributed by atoms with E-state index in [2.05, 4.69) is 14.9 Å². The molecule has 30 heavy (non-hydrogen) atoms. The Kier molecular flexibility index (Phi) is 5.00. The van der Waals surface area contributed by atoms with Crippen LogP contribution in [0.5, 0.6) is 0 Å². The van der Waals surface area contributed by atoms with E-state index >= 15 is 0 Å². The molecule has 4 rings (SSSR count). The Morgan fingerprint density at radius 3 is 2.33 bits per heavy atom. The molecule has 1 aromatic heterocycles. The van der Waals surface area contributed by atoms with Gasteiger partial charge in [0.05, 0.1) is 11.3 Å². The lowest BCUT2D eigenvalue weighted by molar-refractivity contribution is 0.431. The van der Waals surface area contributed by atoms with Crippen molar-refractivity contribution >= 4 is 15.7 Å². The molecule has 6 nitrogen and oxygen atoms in total. The first-order chi connectivity index (χ1) is 14.3. The second kappa shape index (κ2) is 7.64. The van der Waals surface area contributed by atoms with E-state index < -0.39 is 27.5 Å². The van der Waals surface area contributed by atoms with Crippen molar-refractivity contribution in [1.29, 1.82) is 0 Å². The highest BCUT2D eigenvalue weighted by molar-refractivity contribution is 7.92. The van der Waals surface area contributed by atoms with Crippen LogP contribution in [-0.2, 0) is 10.0 Å². The first kappa shape index (κ1) is 19.6. The predicted octanol–water partition coefficient (Wildman–Crippen LogP) is 4.62. The summed E-state index contributed by atoms with van der Waals surface area (Å²) in [6.45, 7) is 0. The summed E-state index contributed by atoms with van der Waals surface area (Å²) >= 11 is 0. The summed E-state index contributed by atoms with van der Waals surface area (Å²) in [4.78, 5) is 3.98. The zero-order chi connectivity index (χ0) is 21.3. The first-order valence-corrected chi connectivity index (χ1v) is 9.99. The summed E-state index contributed by atoms with van der Waals surface area (Å²) in [5.74, 6) is -2.66. The van der Waals surface area contributed by atoms with Gasteiger partial charge in [-0.25, -0.2) is 21.6 Å². The van der Waals surface area contributed by atoms with Gasteiger partial charge in [-0.15, -0.1) is 0 Å². The van der Waals surface area contributed by atoms with Crippen LogP contribution in [0, 0.1) is 17.5 Å². The normalized spacial score (nSPS) is 11.4. The van der Waals surface area contributed by atoms with Gasteiger partial charge >= 0.3 is 0 Å².